The number of ketones is 1. The van der Waals surface area contributed by atoms with Gasteiger partial charge in [-0.3, -0.25) is 4.79 Å². The number of ether oxygens (including phenoxy) is 2. The smallest absolute Gasteiger partial charge is 0.343 e. The number of carbonyl (C=O) groups is 2. The number of hydrogen-bond donors (Lipinski definition) is 1. The van der Waals surface area contributed by atoms with Crippen LogP contribution < -0.4 is 15.2 Å². The fourth-order valence-electron chi connectivity index (χ4n) is 2.81. The van der Waals surface area contributed by atoms with Crippen molar-refractivity contribution < 1.29 is 19.1 Å². The maximum Gasteiger partial charge on any atom is 0.343 e. The second-order valence-electron chi connectivity index (χ2n) is 7.17. The Hall–Kier alpha value is -3.08. The van der Waals surface area contributed by atoms with E-state index in [9.17, 15) is 9.59 Å². The van der Waals surface area contributed by atoms with Gasteiger partial charge in [0, 0.05) is 18.2 Å². The van der Waals surface area contributed by atoms with Crippen molar-refractivity contribution in [3.05, 3.63) is 65.7 Å². The van der Waals surface area contributed by atoms with Gasteiger partial charge in [0.15, 0.2) is 5.78 Å². The van der Waals surface area contributed by atoms with E-state index in [1.54, 1.807) is 42.5 Å². The maximum atomic E-state index is 12.4. The van der Waals surface area contributed by atoms with Crippen molar-refractivity contribution in [3.8, 4) is 11.5 Å². The summed E-state index contributed by atoms with van der Waals surface area (Å²) in [7, 11) is 0. The Labute approximate surface area is 178 Å². The standard InChI is InChI=1S/C25H31NO4/c1-3-5-7-10-21(27)18-24(26)19-12-14-22(15-13-19)30-25(28)20-9-8-11-23(17-20)29-16-6-4-2/h8-9,11-15,17-18H,3-7,10,16,26H2,1-2H3/b24-18-. The molecule has 0 saturated carbocycles. The van der Waals surface area contributed by atoms with E-state index in [4.69, 9.17) is 15.2 Å². The minimum atomic E-state index is -0.460. The fourth-order valence-corrected chi connectivity index (χ4v) is 2.81. The molecule has 5 heteroatoms. The zero-order chi connectivity index (χ0) is 21.8. The van der Waals surface area contributed by atoms with Gasteiger partial charge in [0.1, 0.15) is 11.5 Å². The van der Waals surface area contributed by atoms with Gasteiger partial charge in [-0.25, -0.2) is 4.79 Å². The predicted molar refractivity (Wildman–Crippen MR) is 120 cm³/mol. The lowest BCUT2D eigenvalue weighted by Gasteiger charge is -2.08. The molecule has 2 rings (SSSR count). The minimum Gasteiger partial charge on any atom is -0.494 e. The molecular weight excluding hydrogens is 378 g/mol. The molecule has 0 amide bonds. The van der Waals surface area contributed by atoms with Crippen LogP contribution in [-0.2, 0) is 4.79 Å². The van der Waals surface area contributed by atoms with Crippen molar-refractivity contribution in [2.45, 2.75) is 52.4 Å². The monoisotopic (exact) mass is 409 g/mol. The molecule has 0 aliphatic rings. The summed E-state index contributed by atoms with van der Waals surface area (Å²) < 4.78 is 11.1. The van der Waals surface area contributed by atoms with Gasteiger partial charge < -0.3 is 15.2 Å². The average molecular weight is 410 g/mol. The molecule has 0 aliphatic heterocycles. The van der Waals surface area contributed by atoms with Crippen LogP contribution in [0.2, 0.25) is 0 Å². The summed E-state index contributed by atoms with van der Waals surface area (Å²) in [5.41, 5.74) is 7.57. The van der Waals surface area contributed by atoms with E-state index >= 15 is 0 Å². The summed E-state index contributed by atoms with van der Waals surface area (Å²) in [5, 5.41) is 0. The average Bonchev–Trinajstić information content (AvgIpc) is 2.75. The molecule has 0 spiro atoms. The topological polar surface area (TPSA) is 78.6 Å². The first-order valence-electron chi connectivity index (χ1n) is 10.6. The minimum absolute atomic E-state index is 0.0255. The van der Waals surface area contributed by atoms with Gasteiger partial charge in [0.25, 0.3) is 0 Å². The molecule has 2 aromatic carbocycles. The SMILES string of the molecule is CCCCCC(=O)/C=C(\N)c1ccc(OC(=O)c2cccc(OCCCC)c2)cc1. The Kier molecular flexibility index (Phi) is 9.65. The largest absolute Gasteiger partial charge is 0.494 e. The normalized spacial score (nSPS) is 11.2. The van der Waals surface area contributed by atoms with E-state index in [1.165, 1.54) is 6.08 Å². The van der Waals surface area contributed by atoms with E-state index in [2.05, 4.69) is 13.8 Å². The molecule has 0 aliphatic carbocycles. The van der Waals surface area contributed by atoms with Gasteiger partial charge in [-0.2, -0.15) is 0 Å². The molecular formula is C25H31NO4. The van der Waals surface area contributed by atoms with Gasteiger partial charge >= 0.3 is 5.97 Å². The van der Waals surface area contributed by atoms with Crippen molar-refractivity contribution in [3.63, 3.8) is 0 Å². The first kappa shape index (κ1) is 23.2. The number of benzene rings is 2. The molecule has 5 nitrogen and oxygen atoms in total. The highest BCUT2D eigenvalue weighted by Crippen LogP contribution is 2.19. The Morgan fingerprint density at radius 1 is 0.900 bits per heavy atom. The van der Waals surface area contributed by atoms with Crippen LogP contribution in [0.3, 0.4) is 0 Å². The summed E-state index contributed by atoms with van der Waals surface area (Å²) >= 11 is 0. The van der Waals surface area contributed by atoms with Gasteiger partial charge in [0.05, 0.1) is 12.2 Å². The Morgan fingerprint density at radius 3 is 2.33 bits per heavy atom. The number of carbonyl (C=O) groups excluding carboxylic acids is 2. The highest BCUT2D eigenvalue weighted by Gasteiger charge is 2.10. The van der Waals surface area contributed by atoms with Gasteiger partial charge in [-0.15, -0.1) is 0 Å². The molecule has 0 heterocycles. The Balaban J connectivity index is 1.96. The van der Waals surface area contributed by atoms with E-state index in [0.717, 1.165) is 32.1 Å². The van der Waals surface area contributed by atoms with Crippen LogP contribution in [0.4, 0.5) is 0 Å². The first-order valence-corrected chi connectivity index (χ1v) is 10.6. The van der Waals surface area contributed by atoms with Crippen molar-refractivity contribution in [2.24, 2.45) is 5.73 Å². The zero-order valence-corrected chi connectivity index (χ0v) is 17.9. The van der Waals surface area contributed by atoms with Crippen LogP contribution in [-0.4, -0.2) is 18.4 Å². The van der Waals surface area contributed by atoms with Crippen LogP contribution in [0.25, 0.3) is 5.70 Å². The zero-order valence-electron chi connectivity index (χ0n) is 17.9. The lowest BCUT2D eigenvalue weighted by atomic mass is 10.1. The lowest BCUT2D eigenvalue weighted by Crippen LogP contribution is -2.09. The molecule has 0 saturated heterocycles. The number of rotatable bonds is 12. The van der Waals surface area contributed by atoms with Crippen molar-refractivity contribution in [1.82, 2.24) is 0 Å². The number of nitrogens with two attached hydrogens (primary N) is 1. The maximum absolute atomic E-state index is 12.4. The number of esters is 1. The quantitative estimate of drug-likeness (QED) is 0.216. The van der Waals surface area contributed by atoms with Crippen LogP contribution in [0, 0.1) is 0 Å². The van der Waals surface area contributed by atoms with Crippen LogP contribution >= 0.6 is 0 Å². The molecule has 0 fully saturated rings. The van der Waals surface area contributed by atoms with Crippen molar-refractivity contribution >= 4 is 17.4 Å². The molecule has 2 aromatic rings. The fraction of sp³-hybridized carbons (Fsp3) is 0.360. The third-order valence-electron chi connectivity index (χ3n) is 4.58. The highest BCUT2D eigenvalue weighted by atomic mass is 16.5. The molecule has 2 N–H and O–H groups in total. The second-order valence-corrected chi connectivity index (χ2v) is 7.17. The number of hydrogen-bond acceptors (Lipinski definition) is 5. The summed E-state index contributed by atoms with van der Waals surface area (Å²) in [4.78, 5) is 24.4. The van der Waals surface area contributed by atoms with Crippen LogP contribution in [0.1, 0.15) is 68.3 Å². The molecule has 30 heavy (non-hydrogen) atoms. The second kappa shape index (κ2) is 12.5. The number of allylic oxidation sites excluding steroid dienone is 1. The van der Waals surface area contributed by atoms with Gasteiger partial charge in [-0.05, 0) is 60.9 Å². The van der Waals surface area contributed by atoms with Crippen LogP contribution in [0.5, 0.6) is 11.5 Å². The molecule has 0 unspecified atom stereocenters. The molecule has 0 radical (unpaired) electrons. The van der Waals surface area contributed by atoms with Gasteiger partial charge in [0.2, 0.25) is 0 Å². The molecule has 160 valence electrons. The Bertz CT molecular complexity index is 856. The Morgan fingerprint density at radius 2 is 1.63 bits per heavy atom. The summed E-state index contributed by atoms with van der Waals surface area (Å²) in [6.07, 6.45) is 6.97. The van der Waals surface area contributed by atoms with Crippen LogP contribution in [0.15, 0.2) is 54.6 Å². The summed E-state index contributed by atoms with van der Waals surface area (Å²) in [6.45, 7) is 4.81. The lowest BCUT2D eigenvalue weighted by molar-refractivity contribution is -0.114. The molecule has 0 aromatic heterocycles. The molecule has 0 atom stereocenters. The third-order valence-corrected chi connectivity index (χ3v) is 4.58. The predicted octanol–water partition coefficient (Wildman–Crippen LogP) is 5.53. The third kappa shape index (κ3) is 7.74. The summed E-state index contributed by atoms with van der Waals surface area (Å²) in [5.74, 6) is 0.619. The van der Waals surface area contributed by atoms with E-state index < -0.39 is 5.97 Å². The number of unbranched alkanes of at least 4 members (excludes halogenated alkanes) is 3. The van der Waals surface area contributed by atoms with Crippen molar-refractivity contribution in [1.29, 1.82) is 0 Å². The van der Waals surface area contributed by atoms with Gasteiger partial charge in [-0.1, -0.05) is 39.2 Å². The highest BCUT2D eigenvalue weighted by molar-refractivity contribution is 5.96. The first-order chi connectivity index (χ1) is 14.5. The van der Waals surface area contributed by atoms with E-state index in [1.807, 2.05) is 6.07 Å². The summed E-state index contributed by atoms with van der Waals surface area (Å²) in [6, 6.07) is 13.7. The van der Waals surface area contributed by atoms with E-state index in [0.29, 0.717) is 41.4 Å². The van der Waals surface area contributed by atoms with E-state index in [-0.39, 0.29) is 5.78 Å². The van der Waals surface area contributed by atoms with Crippen molar-refractivity contribution in [2.75, 3.05) is 6.61 Å². The molecule has 0 bridgehead atoms.